The molecular formula is C17H8Cl2N2O4S3. The topological polar surface area (TPSA) is 83.6 Å². The molecule has 142 valence electrons. The summed E-state index contributed by atoms with van der Waals surface area (Å²) in [6, 6.07) is 10.2. The van der Waals surface area contributed by atoms with Gasteiger partial charge in [0, 0.05) is 10.6 Å². The van der Waals surface area contributed by atoms with Gasteiger partial charge in [-0.3, -0.25) is 9.59 Å². The van der Waals surface area contributed by atoms with E-state index < -0.39 is 21.8 Å². The van der Waals surface area contributed by atoms with Crippen LogP contribution in [0.3, 0.4) is 0 Å². The SMILES string of the molecule is O=C1NC(=S)SC1=C1C(=O)N(S(=O)(=O)c2cc(Cl)ccc2Cl)c2ccccc21. The highest BCUT2D eigenvalue weighted by molar-refractivity contribution is 8.27. The molecular weight excluding hydrogens is 463 g/mol. The normalized spacial score (nSPS) is 19.2. The van der Waals surface area contributed by atoms with Gasteiger partial charge >= 0.3 is 0 Å². The Morgan fingerprint density at radius 1 is 1.07 bits per heavy atom. The van der Waals surface area contributed by atoms with Crippen LogP contribution in [0.25, 0.3) is 5.57 Å². The standard InChI is InChI=1S/C17H8Cl2N2O4S3/c18-8-5-6-10(19)12(7-8)28(24,25)21-11-4-2-1-3-9(11)13(16(21)23)14-15(22)20-17(26)27-14/h1-7H,(H,20,22,26). The van der Waals surface area contributed by atoms with E-state index in [0.717, 1.165) is 11.8 Å². The molecule has 2 amide bonds. The maximum absolute atomic E-state index is 13.3. The summed E-state index contributed by atoms with van der Waals surface area (Å²) in [4.78, 5) is 25.2. The van der Waals surface area contributed by atoms with Crippen molar-refractivity contribution in [3.8, 4) is 0 Å². The number of thiocarbonyl (C=S) groups is 1. The van der Waals surface area contributed by atoms with Crippen molar-refractivity contribution in [2.24, 2.45) is 0 Å². The van der Waals surface area contributed by atoms with Gasteiger partial charge in [-0.1, -0.05) is 65.4 Å². The average molecular weight is 471 g/mol. The fourth-order valence-electron chi connectivity index (χ4n) is 2.90. The predicted molar refractivity (Wildman–Crippen MR) is 113 cm³/mol. The van der Waals surface area contributed by atoms with Crippen LogP contribution < -0.4 is 9.62 Å². The predicted octanol–water partition coefficient (Wildman–Crippen LogP) is 3.59. The zero-order chi connectivity index (χ0) is 20.2. The van der Waals surface area contributed by atoms with Crippen LogP contribution in [0.1, 0.15) is 5.56 Å². The number of sulfonamides is 1. The Bertz CT molecular complexity index is 1220. The lowest BCUT2D eigenvalue weighted by atomic mass is 10.1. The number of nitrogens with one attached hydrogen (secondary N) is 1. The molecule has 1 N–H and O–H groups in total. The summed E-state index contributed by atoms with van der Waals surface area (Å²) in [5.74, 6) is -1.41. The van der Waals surface area contributed by atoms with Crippen molar-refractivity contribution in [3.63, 3.8) is 0 Å². The maximum Gasteiger partial charge on any atom is 0.274 e. The van der Waals surface area contributed by atoms with E-state index in [2.05, 4.69) is 5.32 Å². The van der Waals surface area contributed by atoms with Crippen LogP contribution in [0.15, 0.2) is 52.3 Å². The van der Waals surface area contributed by atoms with E-state index in [1.165, 1.54) is 24.3 Å². The second-order valence-electron chi connectivity index (χ2n) is 5.71. The van der Waals surface area contributed by atoms with Crippen LogP contribution >= 0.6 is 47.2 Å². The summed E-state index contributed by atoms with van der Waals surface area (Å²) >= 11 is 17.9. The van der Waals surface area contributed by atoms with Crippen molar-refractivity contribution in [3.05, 3.63) is 63.0 Å². The maximum atomic E-state index is 13.3. The number of halogens is 2. The number of nitrogens with zero attached hydrogens (tertiary/aromatic N) is 1. The molecule has 11 heteroatoms. The molecule has 0 spiro atoms. The van der Waals surface area contributed by atoms with Gasteiger partial charge in [0.05, 0.1) is 21.2 Å². The lowest BCUT2D eigenvalue weighted by Gasteiger charge is -2.18. The quantitative estimate of drug-likeness (QED) is 0.533. The zero-order valence-corrected chi connectivity index (χ0v) is 17.6. The fraction of sp³-hybridized carbons (Fsp3) is 0. The van der Waals surface area contributed by atoms with E-state index in [1.54, 1.807) is 18.2 Å². The van der Waals surface area contributed by atoms with Crippen LogP contribution in [0, 0.1) is 0 Å². The molecule has 28 heavy (non-hydrogen) atoms. The molecule has 2 aromatic carbocycles. The third-order valence-corrected chi connectivity index (χ3v) is 7.69. The average Bonchev–Trinajstić information content (AvgIpc) is 3.12. The van der Waals surface area contributed by atoms with Gasteiger partial charge in [-0.15, -0.1) is 0 Å². The van der Waals surface area contributed by atoms with Crippen molar-refractivity contribution in [1.82, 2.24) is 5.32 Å². The number of carbonyl (C=O) groups excluding carboxylic acids is 2. The molecule has 2 aliphatic heterocycles. The summed E-state index contributed by atoms with van der Waals surface area (Å²) in [6.45, 7) is 0. The van der Waals surface area contributed by atoms with Gasteiger partial charge in [-0.25, -0.2) is 8.42 Å². The minimum atomic E-state index is -4.39. The van der Waals surface area contributed by atoms with Crippen molar-refractivity contribution in [2.45, 2.75) is 4.90 Å². The first-order valence-electron chi connectivity index (χ1n) is 7.63. The number of benzene rings is 2. The molecule has 2 aromatic rings. The molecule has 0 aromatic heterocycles. The van der Waals surface area contributed by atoms with Gasteiger partial charge in [-0.2, -0.15) is 4.31 Å². The highest BCUT2D eigenvalue weighted by atomic mass is 35.5. The Morgan fingerprint density at radius 2 is 1.79 bits per heavy atom. The zero-order valence-electron chi connectivity index (χ0n) is 13.6. The molecule has 4 rings (SSSR count). The van der Waals surface area contributed by atoms with Crippen LogP contribution in [0.5, 0.6) is 0 Å². The molecule has 0 bridgehead atoms. The third-order valence-electron chi connectivity index (χ3n) is 4.05. The summed E-state index contributed by atoms with van der Waals surface area (Å²) < 4.78 is 27.4. The van der Waals surface area contributed by atoms with E-state index in [1.807, 2.05) is 0 Å². The molecule has 0 atom stereocenters. The first kappa shape index (κ1) is 19.4. The second kappa shape index (κ2) is 6.85. The Kier molecular flexibility index (Phi) is 4.75. The van der Waals surface area contributed by atoms with E-state index in [0.29, 0.717) is 9.87 Å². The summed E-state index contributed by atoms with van der Waals surface area (Å²) in [5, 5.41) is 2.51. The van der Waals surface area contributed by atoms with Crippen molar-refractivity contribution < 1.29 is 18.0 Å². The summed E-state index contributed by atoms with van der Waals surface area (Å²) in [7, 11) is -4.39. The molecule has 0 radical (unpaired) electrons. The van der Waals surface area contributed by atoms with Gasteiger partial charge in [0.15, 0.2) is 0 Å². The molecule has 0 saturated carbocycles. The molecule has 1 fully saturated rings. The lowest BCUT2D eigenvalue weighted by molar-refractivity contribution is -0.116. The molecule has 2 heterocycles. The molecule has 6 nitrogen and oxygen atoms in total. The minimum Gasteiger partial charge on any atom is -0.307 e. The first-order valence-corrected chi connectivity index (χ1v) is 11.1. The van der Waals surface area contributed by atoms with Gasteiger partial charge in [0.1, 0.15) is 9.22 Å². The van der Waals surface area contributed by atoms with Gasteiger partial charge < -0.3 is 5.32 Å². The van der Waals surface area contributed by atoms with Crippen molar-refractivity contribution in [2.75, 3.05) is 4.31 Å². The number of fused-ring (bicyclic) bond motifs is 1. The van der Waals surface area contributed by atoms with E-state index in [-0.39, 0.29) is 35.4 Å². The Hall–Kier alpha value is -1.91. The Labute approximate surface area is 179 Å². The lowest BCUT2D eigenvalue weighted by Crippen LogP contribution is -2.34. The summed E-state index contributed by atoms with van der Waals surface area (Å²) in [6.07, 6.45) is 0. The summed E-state index contributed by atoms with van der Waals surface area (Å²) in [5.41, 5.74) is 0.411. The third kappa shape index (κ3) is 2.94. The van der Waals surface area contributed by atoms with Gasteiger partial charge in [-0.05, 0) is 24.3 Å². The Morgan fingerprint density at radius 3 is 2.46 bits per heavy atom. The van der Waals surface area contributed by atoms with Crippen LogP contribution in [-0.2, 0) is 19.6 Å². The highest BCUT2D eigenvalue weighted by Gasteiger charge is 2.45. The Balaban J connectivity index is 1.96. The van der Waals surface area contributed by atoms with E-state index >= 15 is 0 Å². The number of rotatable bonds is 2. The minimum absolute atomic E-state index is 0.0281. The molecule has 0 aliphatic carbocycles. The molecule has 0 unspecified atom stereocenters. The second-order valence-corrected chi connectivity index (χ2v) is 10.0. The van der Waals surface area contributed by atoms with Crippen molar-refractivity contribution in [1.29, 1.82) is 0 Å². The van der Waals surface area contributed by atoms with Crippen molar-refractivity contribution >= 4 is 84.6 Å². The number of hydrogen-bond donors (Lipinski definition) is 1. The largest absolute Gasteiger partial charge is 0.307 e. The monoisotopic (exact) mass is 470 g/mol. The van der Waals surface area contributed by atoms with Gasteiger partial charge in [0.25, 0.3) is 21.8 Å². The van der Waals surface area contributed by atoms with E-state index in [4.69, 9.17) is 35.4 Å². The fourth-order valence-corrected chi connectivity index (χ4v) is 6.17. The number of para-hydroxylation sites is 1. The molecule has 2 aliphatic rings. The number of anilines is 1. The molecule has 1 saturated heterocycles. The van der Waals surface area contributed by atoms with Crippen LogP contribution in [0.4, 0.5) is 5.69 Å². The highest BCUT2D eigenvalue weighted by Crippen LogP contribution is 2.45. The van der Waals surface area contributed by atoms with Crippen LogP contribution in [-0.4, -0.2) is 24.6 Å². The number of amides is 2. The van der Waals surface area contributed by atoms with Crippen LogP contribution in [0.2, 0.25) is 10.0 Å². The van der Waals surface area contributed by atoms with E-state index in [9.17, 15) is 18.0 Å². The number of carbonyl (C=O) groups is 2. The first-order chi connectivity index (χ1) is 13.2. The number of hydrogen-bond acceptors (Lipinski definition) is 6. The van der Waals surface area contributed by atoms with Gasteiger partial charge in [0.2, 0.25) is 0 Å². The smallest absolute Gasteiger partial charge is 0.274 e. The number of thioether (sulfide) groups is 1.